The van der Waals surface area contributed by atoms with Crippen molar-refractivity contribution in [3.8, 4) is 11.5 Å². The van der Waals surface area contributed by atoms with Crippen LogP contribution in [0.25, 0.3) is 0 Å². The van der Waals surface area contributed by atoms with Crippen LogP contribution >= 0.6 is 15.9 Å². The molecule has 21 heavy (non-hydrogen) atoms. The van der Waals surface area contributed by atoms with Crippen molar-refractivity contribution in [3.05, 3.63) is 39.6 Å². The Morgan fingerprint density at radius 3 is 2.57 bits per heavy atom. The summed E-state index contributed by atoms with van der Waals surface area (Å²) < 4.78 is 13.1. The number of ketones is 1. The largest absolute Gasteiger partial charge is 0.493 e. The summed E-state index contributed by atoms with van der Waals surface area (Å²) >= 11 is 3.47. The Morgan fingerprint density at radius 2 is 2.05 bits per heavy atom. The Bertz CT molecular complexity index is 680. The number of methoxy groups -OCH3 is 2. The van der Waals surface area contributed by atoms with Crippen LogP contribution in [-0.4, -0.2) is 29.8 Å². The number of hydrogen-bond donors (Lipinski definition) is 0. The fourth-order valence-corrected chi connectivity index (χ4v) is 2.70. The number of halogens is 1. The summed E-state index contributed by atoms with van der Waals surface area (Å²) in [7, 11) is 4.90. The highest BCUT2D eigenvalue weighted by molar-refractivity contribution is 9.10. The maximum Gasteiger partial charge on any atom is 0.172 e. The summed E-state index contributed by atoms with van der Waals surface area (Å²) in [5, 5.41) is 4.30. The second kappa shape index (κ2) is 6.30. The number of hydrogen-bond acceptors (Lipinski definition) is 4. The van der Waals surface area contributed by atoms with Crippen molar-refractivity contribution in [2.45, 2.75) is 13.3 Å². The zero-order valence-electron chi connectivity index (χ0n) is 12.4. The average Bonchev–Trinajstić information content (AvgIpc) is 2.72. The van der Waals surface area contributed by atoms with Crippen molar-refractivity contribution in [3.63, 3.8) is 0 Å². The van der Waals surface area contributed by atoms with E-state index in [9.17, 15) is 4.79 Å². The van der Waals surface area contributed by atoms with Gasteiger partial charge in [-0.05, 0) is 35.0 Å². The van der Waals surface area contributed by atoms with E-state index in [1.807, 2.05) is 14.0 Å². The van der Waals surface area contributed by atoms with Gasteiger partial charge in [-0.2, -0.15) is 5.10 Å². The number of Topliss-reactive ketones (excluding diaryl/α,β-unsaturated/α-hetero) is 1. The van der Waals surface area contributed by atoms with E-state index in [-0.39, 0.29) is 12.2 Å². The molecule has 0 saturated carbocycles. The van der Waals surface area contributed by atoms with Crippen LogP contribution in [0.3, 0.4) is 0 Å². The fourth-order valence-electron chi connectivity index (χ4n) is 2.23. The molecule has 0 amide bonds. The summed E-state index contributed by atoms with van der Waals surface area (Å²) in [5.74, 6) is 0.957. The van der Waals surface area contributed by atoms with Crippen molar-refractivity contribution >= 4 is 21.7 Å². The summed E-state index contributed by atoms with van der Waals surface area (Å²) in [6.07, 6.45) is 0.238. The summed E-state index contributed by atoms with van der Waals surface area (Å²) in [6.45, 7) is 1.89. The zero-order chi connectivity index (χ0) is 15.6. The van der Waals surface area contributed by atoms with Gasteiger partial charge in [0, 0.05) is 7.05 Å². The van der Waals surface area contributed by atoms with Crippen LogP contribution in [0.1, 0.15) is 21.7 Å². The highest BCUT2D eigenvalue weighted by Gasteiger charge is 2.20. The van der Waals surface area contributed by atoms with Gasteiger partial charge in [-0.25, -0.2) is 0 Å². The van der Waals surface area contributed by atoms with Crippen LogP contribution < -0.4 is 9.47 Å². The van der Waals surface area contributed by atoms with E-state index in [2.05, 4.69) is 21.0 Å². The Morgan fingerprint density at radius 1 is 1.33 bits per heavy atom. The third kappa shape index (κ3) is 2.95. The van der Waals surface area contributed by atoms with Gasteiger partial charge in [0.2, 0.25) is 0 Å². The van der Waals surface area contributed by atoms with Gasteiger partial charge in [0.05, 0.1) is 42.1 Å². The van der Waals surface area contributed by atoms with Gasteiger partial charge < -0.3 is 9.47 Å². The number of benzene rings is 1. The SMILES string of the molecule is COc1cccc(C(=O)Cc2c(Br)c(C)nn2C)c1OC. The van der Waals surface area contributed by atoms with Crippen LogP contribution in [0.2, 0.25) is 0 Å². The second-order valence-corrected chi connectivity index (χ2v) is 5.40. The maximum atomic E-state index is 12.6. The van der Waals surface area contributed by atoms with E-state index in [0.717, 1.165) is 15.9 Å². The Labute approximate surface area is 132 Å². The molecule has 112 valence electrons. The molecule has 1 heterocycles. The minimum absolute atomic E-state index is 0.0468. The molecule has 0 atom stereocenters. The number of aromatic nitrogens is 2. The molecule has 1 aromatic heterocycles. The molecule has 0 N–H and O–H groups in total. The monoisotopic (exact) mass is 352 g/mol. The molecule has 0 aliphatic rings. The van der Waals surface area contributed by atoms with Crippen molar-refractivity contribution in [2.24, 2.45) is 7.05 Å². The van der Waals surface area contributed by atoms with Crippen molar-refractivity contribution in [1.82, 2.24) is 9.78 Å². The number of para-hydroxylation sites is 1. The Balaban J connectivity index is 2.37. The highest BCUT2D eigenvalue weighted by Crippen LogP contribution is 2.32. The first-order valence-electron chi connectivity index (χ1n) is 6.41. The standard InChI is InChI=1S/C15H17BrN2O3/c1-9-14(16)11(18(2)17-9)8-12(19)10-6-5-7-13(20-3)15(10)21-4/h5-7H,8H2,1-4H3. The Kier molecular flexibility index (Phi) is 4.67. The third-order valence-corrected chi connectivity index (χ3v) is 4.32. The molecule has 6 heteroatoms. The molecule has 0 radical (unpaired) electrons. The number of nitrogens with zero attached hydrogens (tertiary/aromatic N) is 2. The lowest BCUT2D eigenvalue weighted by atomic mass is 10.0. The smallest absolute Gasteiger partial charge is 0.172 e. The zero-order valence-corrected chi connectivity index (χ0v) is 14.0. The minimum Gasteiger partial charge on any atom is -0.493 e. The van der Waals surface area contributed by atoms with Crippen LogP contribution in [-0.2, 0) is 13.5 Å². The predicted octanol–water partition coefficient (Wildman–Crippen LogP) is 2.93. The topological polar surface area (TPSA) is 53.3 Å². The van der Waals surface area contributed by atoms with Gasteiger partial charge >= 0.3 is 0 Å². The van der Waals surface area contributed by atoms with Crippen molar-refractivity contribution in [1.29, 1.82) is 0 Å². The van der Waals surface area contributed by atoms with Crippen molar-refractivity contribution < 1.29 is 14.3 Å². The van der Waals surface area contributed by atoms with Gasteiger partial charge in [0.25, 0.3) is 0 Å². The molecule has 0 aliphatic heterocycles. The normalized spacial score (nSPS) is 10.5. The first kappa shape index (κ1) is 15.6. The van der Waals surface area contributed by atoms with Crippen LogP contribution in [0.4, 0.5) is 0 Å². The van der Waals surface area contributed by atoms with Gasteiger partial charge in [-0.1, -0.05) is 6.07 Å². The van der Waals surface area contributed by atoms with Crippen LogP contribution in [0, 0.1) is 6.92 Å². The lowest BCUT2D eigenvalue weighted by molar-refractivity contribution is 0.0987. The Hall–Kier alpha value is -1.82. The summed E-state index contributed by atoms with van der Waals surface area (Å²) in [6, 6.07) is 5.28. The average molecular weight is 353 g/mol. The number of rotatable bonds is 5. The maximum absolute atomic E-state index is 12.6. The minimum atomic E-state index is -0.0468. The summed E-state index contributed by atoms with van der Waals surface area (Å²) in [5.41, 5.74) is 2.20. The molecule has 0 fully saturated rings. The van der Waals surface area contributed by atoms with E-state index in [4.69, 9.17) is 9.47 Å². The van der Waals surface area contributed by atoms with Crippen LogP contribution in [0.5, 0.6) is 11.5 Å². The van der Waals surface area contributed by atoms with E-state index in [0.29, 0.717) is 17.1 Å². The van der Waals surface area contributed by atoms with Gasteiger partial charge in [-0.3, -0.25) is 9.48 Å². The highest BCUT2D eigenvalue weighted by atomic mass is 79.9. The fraction of sp³-hybridized carbons (Fsp3) is 0.333. The molecular weight excluding hydrogens is 336 g/mol. The quantitative estimate of drug-likeness (QED) is 0.776. The van der Waals surface area contributed by atoms with Gasteiger partial charge in [0.1, 0.15) is 0 Å². The molecule has 1 aromatic carbocycles. The molecule has 5 nitrogen and oxygen atoms in total. The molecule has 2 aromatic rings. The number of carbonyl (C=O) groups excluding carboxylic acids is 1. The first-order chi connectivity index (χ1) is 9.99. The summed E-state index contributed by atoms with van der Waals surface area (Å²) in [4.78, 5) is 12.6. The number of aryl methyl sites for hydroxylation is 2. The molecule has 2 rings (SSSR count). The van der Waals surface area contributed by atoms with E-state index in [1.165, 1.54) is 7.11 Å². The second-order valence-electron chi connectivity index (χ2n) is 4.61. The lowest BCUT2D eigenvalue weighted by Gasteiger charge is -2.12. The lowest BCUT2D eigenvalue weighted by Crippen LogP contribution is -2.10. The van der Waals surface area contributed by atoms with Gasteiger partial charge in [-0.15, -0.1) is 0 Å². The van der Waals surface area contributed by atoms with E-state index < -0.39 is 0 Å². The van der Waals surface area contributed by atoms with Crippen molar-refractivity contribution in [2.75, 3.05) is 14.2 Å². The molecule has 0 saturated heterocycles. The number of carbonyl (C=O) groups is 1. The van der Waals surface area contributed by atoms with Gasteiger partial charge in [0.15, 0.2) is 17.3 Å². The molecule has 0 spiro atoms. The van der Waals surface area contributed by atoms with E-state index in [1.54, 1.807) is 30.0 Å². The molecule has 0 aliphatic carbocycles. The third-order valence-electron chi connectivity index (χ3n) is 3.29. The number of ether oxygens (including phenoxy) is 2. The molecule has 0 bridgehead atoms. The predicted molar refractivity (Wildman–Crippen MR) is 83.2 cm³/mol. The van der Waals surface area contributed by atoms with E-state index >= 15 is 0 Å². The molecular formula is C15H17BrN2O3. The first-order valence-corrected chi connectivity index (χ1v) is 7.21. The van der Waals surface area contributed by atoms with Crippen LogP contribution in [0.15, 0.2) is 22.7 Å². The molecule has 0 unspecified atom stereocenters.